The molecule has 130 valence electrons. The number of carbonyl (C=O) groups excluding carboxylic acids is 1. The first-order valence-corrected chi connectivity index (χ1v) is 11.0. The van der Waals surface area contributed by atoms with Gasteiger partial charge < -0.3 is 9.55 Å². The summed E-state index contributed by atoms with van der Waals surface area (Å²) in [7, 11) is -1.75. The maximum atomic E-state index is 12.4. The van der Waals surface area contributed by atoms with Gasteiger partial charge in [0.25, 0.3) is 5.91 Å². The van der Waals surface area contributed by atoms with Crippen LogP contribution in [0.5, 0.6) is 0 Å². The zero-order valence-electron chi connectivity index (χ0n) is 15.7. The highest BCUT2D eigenvalue weighted by Crippen LogP contribution is 2.42. The third kappa shape index (κ3) is 3.34. The summed E-state index contributed by atoms with van der Waals surface area (Å²) in [5.74, 6) is -0.0562. The molecule has 0 unspecified atom stereocenters. The number of amides is 1. The molecule has 1 aromatic carbocycles. The number of anilines is 1. The molecule has 1 N–H and O–H groups in total. The predicted octanol–water partition coefficient (Wildman–Crippen LogP) is 5.76. The summed E-state index contributed by atoms with van der Waals surface area (Å²) in [6, 6.07) is 11.4. The van der Waals surface area contributed by atoms with Gasteiger partial charge in [-0.15, -0.1) is 0 Å². The Balaban J connectivity index is 2.30. The highest BCUT2D eigenvalue weighted by Gasteiger charge is 2.44. The molecule has 1 aromatic heterocycles. The molecule has 3 nitrogen and oxygen atoms in total. The average molecular weight is 343 g/mol. The smallest absolute Gasteiger partial charge is 0.255 e. The van der Waals surface area contributed by atoms with Gasteiger partial charge in [-0.2, -0.15) is 0 Å². The monoisotopic (exact) mass is 342 g/mol. The maximum absolute atomic E-state index is 12.4. The minimum absolute atomic E-state index is 0.0562. The van der Waals surface area contributed by atoms with E-state index in [0.29, 0.717) is 22.2 Å². The van der Waals surface area contributed by atoms with E-state index in [2.05, 4.69) is 63.5 Å². The van der Waals surface area contributed by atoms with Gasteiger partial charge in [-0.05, 0) is 41.0 Å². The molecule has 0 spiro atoms. The first kappa shape index (κ1) is 18.5. The standard InChI is InChI=1S/C20H30N2OSi/c1-15(2)24(16(3)4,17(5)6)22-13-12-19(14-22)21-20(23)18-10-8-7-9-11-18/h7-17H,1-6H3,(H,21,23). The Morgan fingerprint density at radius 1 is 0.917 bits per heavy atom. The lowest BCUT2D eigenvalue weighted by atomic mass is 10.2. The zero-order valence-corrected chi connectivity index (χ0v) is 16.7. The molecule has 0 aliphatic rings. The fraction of sp³-hybridized carbons (Fsp3) is 0.450. The van der Waals surface area contributed by atoms with E-state index in [9.17, 15) is 4.79 Å². The van der Waals surface area contributed by atoms with E-state index in [-0.39, 0.29) is 5.91 Å². The number of benzene rings is 1. The lowest BCUT2D eigenvalue weighted by Crippen LogP contribution is -2.51. The SMILES string of the molecule is CC(C)[Si](C(C)C)(C(C)C)n1ccc(NC(=O)c2ccccc2)c1. The second-order valence-corrected chi connectivity index (χ2v) is 13.2. The van der Waals surface area contributed by atoms with Crippen LogP contribution in [0.2, 0.25) is 16.6 Å². The predicted molar refractivity (Wildman–Crippen MR) is 105 cm³/mol. The van der Waals surface area contributed by atoms with Gasteiger partial charge in [0.05, 0.1) is 5.69 Å². The molecule has 2 rings (SSSR count). The van der Waals surface area contributed by atoms with Crippen molar-refractivity contribution in [3.8, 4) is 0 Å². The van der Waals surface area contributed by atoms with Crippen LogP contribution in [0.25, 0.3) is 0 Å². The fourth-order valence-corrected chi connectivity index (χ4v) is 10.9. The number of hydrogen-bond acceptors (Lipinski definition) is 1. The zero-order chi connectivity index (χ0) is 17.9. The van der Waals surface area contributed by atoms with Gasteiger partial charge in [0.1, 0.15) is 0 Å². The second-order valence-electron chi connectivity index (χ2n) is 7.48. The largest absolute Gasteiger partial charge is 0.378 e. The van der Waals surface area contributed by atoms with E-state index in [4.69, 9.17) is 0 Å². The van der Waals surface area contributed by atoms with Crippen molar-refractivity contribution < 1.29 is 4.79 Å². The Morgan fingerprint density at radius 2 is 1.46 bits per heavy atom. The summed E-state index contributed by atoms with van der Waals surface area (Å²) in [5, 5.41) is 3.03. The topological polar surface area (TPSA) is 34.0 Å². The van der Waals surface area contributed by atoms with Crippen LogP contribution in [0.1, 0.15) is 51.9 Å². The minimum Gasteiger partial charge on any atom is -0.378 e. The first-order chi connectivity index (χ1) is 11.3. The molecule has 1 heterocycles. The van der Waals surface area contributed by atoms with E-state index in [1.54, 1.807) is 0 Å². The summed E-state index contributed by atoms with van der Waals surface area (Å²) >= 11 is 0. The Hall–Kier alpha value is -1.81. The molecule has 2 aromatic rings. The molecule has 0 aliphatic heterocycles. The van der Waals surface area contributed by atoms with Gasteiger partial charge >= 0.3 is 0 Å². The lowest BCUT2D eigenvalue weighted by molar-refractivity contribution is 0.102. The summed E-state index contributed by atoms with van der Waals surface area (Å²) in [5.41, 5.74) is 3.45. The van der Waals surface area contributed by atoms with E-state index in [1.807, 2.05) is 36.4 Å². The van der Waals surface area contributed by atoms with Crippen molar-refractivity contribution in [3.05, 3.63) is 54.4 Å². The molecule has 0 saturated heterocycles. The quantitative estimate of drug-likeness (QED) is 0.665. The van der Waals surface area contributed by atoms with Crippen molar-refractivity contribution in [2.45, 2.75) is 58.2 Å². The number of rotatable bonds is 6. The highest BCUT2D eigenvalue weighted by atomic mass is 28.3. The molecule has 24 heavy (non-hydrogen) atoms. The molecule has 4 heteroatoms. The number of aromatic nitrogens is 1. The first-order valence-electron chi connectivity index (χ1n) is 8.85. The fourth-order valence-electron chi connectivity index (χ4n) is 4.40. The molecule has 0 aliphatic carbocycles. The van der Waals surface area contributed by atoms with Crippen LogP contribution in [-0.2, 0) is 0 Å². The van der Waals surface area contributed by atoms with E-state index < -0.39 is 8.24 Å². The summed E-state index contributed by atoms with van der Waals surface area (Å²) < 4.78 is 2.44. The molecule has 1 amide bonds. The van der Waals surface area contributed by atoms with Gasteiger partial charge in [-0.1, -0.05) is 59.7 Å². The second kappa shape index (κ2) is 7.39. The van der Waals surface area contributed by atoms with Crippen molar-refractivity contribution in [3.63, 3.8) is 0 Å². The van der Waals surface area contributed by atoms with Gasteiger partial charge in [-0.3, -0.25) is 4.79 Å². The third-order valence-corrected chi connectivity index (χ3v) is 11.9. The average Bonchev–Trinajstić information content (AvgIpc) is 2.96. The number of carbonyl (C=O) groups is 1. The Bertz CT molecular complexity index is 652. The third-order valence-electron chi connectivity index (χ3n) is 5.21. The maximum Gasteiger partial charge on any atom is 0.255 e. The van der Waals surface area contributed by atoms with Crippen molar-refractivity contribution in [1.82, 2.24) is 4.23 Å². The van der Waals surface area contributed by atoms with Crippen LogP contribution < -0.4 is 5.32 Å². The van der Waals surface area contributed by atoms with Crippen LogP contribution in [-0.4, -0.2) is 18.4 Å². The van der Waals surface area contributed by atoms with Crippen LogP contribution >= 0.6 is 0 Å². The van der Waals surface area contributed by atoms with E-state index in [0.717, 1.165) is 5.69 Å². The van der Waals surface area contributed by atoms with Gasteiger partial charge in [0.2, 0.25) is 0 Å². The Labute approximate surface area is 147 Å². The van der Waals surface area contributed by atoms with Gasteiger partial charge in [0.15, 0.2) is 8.24 Å². The van der Waals surface area contributed by atoms with Gasteiger partial charge in [0, 0.05) is 11.8 Å². The van der Waals surface area contributed by atoms with Crippen molar-refractivity contribution in [1.29, 1.82) is 0 Å². The number of nitrogens with one attached hydrogen (secondary N) is 1. The molecular formula is C20H30N2OSi. The number of nitrogens with zero attached hydrogens (tertiary/aromatic N) is 1. The molecule has 0 fully saturated rings. The summed E-state index contributed by atoms with van der Waals surface area (Å²) in [6.45, 7) is 14.1. The molecule has 0 radical (unpaired) electrons. The van der Waals surface area contributed by atoms with Crippen LogP contribution in [0.3, 0.4) is 0 Å². The van der Waals surface area contributed by atoms with Crippen LogP contribution in [0, 0.1) is 0 Å². The summed E-state index contributed by atoms with van der Waals surface area (Å²) in [4.78, 5) is 12.4. The molecule has 0 saturated carbocycles. The Kier molecular flexibility index (Phi) is 5.70. The Morgan fingerprint density at radius 3 is 1.96 bits per heavy atom. The normalized spacial score (nSPS) is 12.2. The lowest BCUT2D eigenvalue weighted by Gasteiger charge is -2.44. The van der Waals surface area contributed by atoms with Crippen molar-refractivity contribution in [2.24, 2.45) is 0 Å². The molecule has 0 atom stereocenters. The molecule has 0 bridgehead atoms. The summed E-state index contributed by atoms with van der Waals surface area (Å²) in [6.07, 6.45) is 4.29. The van der Waals surface area contributed by atoms with Crippen LogP contribution in [0.15, 0.2) is 48.8 Å². The number of hydrogen-bond donors (Lipinski definition) is 1. The molecular weight excluding hydrogens is 312 g/mol. The van der Waals surface area contributed by atoms with E-state index in [1.165, 1.54) is 0 Å². The van der Waals surface area contributed by atoms with Gasteiger partial charge in [-0.25, -0.2) is 0 Å². The van der Waals surface area contributed by atoms with E-state index >= 15 is 0 Å². The van der Waals surface area contributed by atoms with Crippen LogP contribution in [0.4, 0.5) is 5.69 Å². The van der Waals surface area contributed by atoms with Crippen molar-refractivity contribution >= 4 is 19.8 Å². The highest BCUT2D eigenvalue weighted by molar-refractivity contribution is 6.82. The van der Waals surface area contributed by atoms with Crippen molar-refractivity contribution in [2.75, 3.05) is 5.32 Å². The minimum atomic E-state index is -1.75.